The molecule has 2 atom stereocenters. The van der Waals surface area contributed by atoms with Crippen molar-refractivity contribution in [2.75, 3.05) is 0 Å². The van der Waals surface area contributed by atoms with Gasteiger partial charge in [0.05, 0.1) is 10.8 Å². The quantitative estimate of drug-likeness (QED) is 0.690. The molecule has 0 aromatic heterocycles. The van der Waals surface area contributed by atoms with Gasteiger partial charge in [-0.3, -0.25) is 9.59 Å². The first-order valence-corrected chi connectivity index (χ1v) is 10.0. The van der Waals surface area contributed by atoms with Crippen LogP contribution in [0.25, 0.3) is 0 Å². The highest BCUT2D eigenvalue weighted by Crippen LogP contribution is 2.41. The van der Waals surface area contributed by atoms with E-state index in [1.807, 2.05) is 30.3 Å². The lowest BCUT2D eigenvalue weighted by molar-refractivity contribution is -0.138. The van der Waals surface area contributed by atoms with Crippen molar-refractivity contribution in [1.82, 2.24) is 10.2 Å². The van der Waals surface area contributed by atoms with Crippen LogP contribution in [0.15, 0.2) is 30.3 Å². The second-order valence-corrected chi connectivity index (χ2v) is 8.17. The molecule has 1 aliphatic heterocycles. The second-order valence-electron chi connectivity index (χ2n) is 7.55. The second kappa shape index (κ2) is 8.33. The number of amides is 3. The molecule has 1 spiro atoms. The van der Waals surface area contributed by atoms with Gasteiger partial charge in [-0.15, -0.1) is 0 Å². The summed E-state index contributed by atoms with van der Waals surface area (Å²) >= 11 is 4.38. The Kier molecular flexibility index (Phi) is 6.09. The molecule has 2 N–H and O–H groups in total. The highest BCUT2D eigenvalue weighted by atomic mass is 32.1. The molecule has 27 heavy (non-hydrogen) atoms. The zero-order valence-electron chi connectivity index (χ0n) is 15.3. The maximum absolute atomic E-state index is 13.0. The van der Waals surface area contributed by atoms with Crippen molar-refractivity contribution in [2.24, 2.45) is 0 Å². The monoisotopic (exact) mass is 390 g/mol. The zero-order valence-corrected chi connectivity index (χ0v) is 16.2. The maximum Gasteiger partial charge on any atom is 0.414 e. The first-order chi connectivity index (χ1) is 12.9. The smallest absolute Gasteiger partial charge is 0.414 e. The third-order valence-electron chi connectivity index (χ3n) is 5.74. The molecule has 1 saturated heterocycles. The van der Waals surface area contributed by atoms with Gasteiger partial charge in [0, 0.05) is 0 Å². The Balaban J connectivity index is 1.69. The van der Waals surface area contributed by atoms with Crippen molar-refractivity contribution in [3.05, 3.63) is 35.9 Å². The minimum Gasteiger partial charge on any atom is -0.465 e. The standard InChI is InChI=1S/C20H26N2O4S/c23-17(16(27)13-14-7-2-1-3-8-14)21-15-9-6-12-20(10-4-5-11-20)22(18(15)24)19(25)26/h1-3,7-8,15-16,27H,4-6,9-13H2,(H,21,23)(H,25,26). The van der Waals surface area contributed by atoms with Gasteiger partial charge in [0.25, 0.3) is 5.91 Å². The molecule has 1 aliphatic carbocycles. The molecule has 1 aromatic rings. The summed E-state index contributed by atoms with van der Waals surface area (Å²) in [6.45, 7) is 0. The summed E-state index contributed by atoms with van der Waals surface area (Å²) in [5.74, 6) is -0.844. The molecule has 0 bridgehead atoms. The maximum atomic E-state index is 13.0. The molecule has 7 heteroatoms. The molecular formula is C20H26N2O4S. The van der Waals surface area contributed by atoms with Crippen molar-refractivity contribution in [2.45, 2.75) is 68.2 Å². The third-order valence-corrected chi connectivity index (χ3v) is 6.16. The van der Waals surface area contributed by atoms with Gasteiger partial charge in [-0.2, -0.15) is 12.6 Å². The Morgan fingerprint density at radius 2 is 1.81 bits per heavy atom. The number of carbonyl (C=O) groups excluding carboxylic acids is 2. The van der Waals surface area contributed by atoms with Crippen molar-refractivity contribution in [3.63, 3.8) is 0 Å². The molecule has 146 valence electrons. The summed E-state index contributed by atoms with van der Waals surface area (Å²) in [5.41, 5.74) is 0.393. The Morgan fingerprint density at radius 3 is 2.44 bits per heavy atom. The van der Waals surface area contributed by atoms with Crippen LogP contribution >= 0.6 is 12.6 Å². The Bertz CT molecular complexity index is 703. The number of nitrogens with one attached hydrogen (secondary N) is 1. The van der Waals surface area contributed by atoms with Crippen LogP contribution in [0.5, 0.6) is 0 Å². The van der Waals surface area contributed by atoms with Crippen molar-refractivity contribution in [1.29, 1.82) is 0 Å². The number of carboxylic acid groups (broad SMARTS) is 1. The minimum atomic E-state index is -1.21. The molecular weight excluding hydrogens is 364 g/mol. The van der Waals surface area contributed by atoms with Gasteiger partial charge in [-0.1, -0.05) is 43.2 Å². The van der Waals surface area contributed by atoms with E-state index in [1.54, 1.807) is 0 Å². The van der Waals surface area contributed by atoms with Crippen LogP contribution in [0, 0.1) is 0 Å². The lowest BCUT2D eigenvalue weighted by Crippen LogP contribution is -2.57. The number of rotatable bonds is 4. The highest BCUT2D eigenvalue weighted by Gasteiger charge is 2.49. The largest absolute Gasteiger partial charge is 0.465 e. The lowest BCUT2D eigenvalue weighted by atomic mass is 9.90. The molecule has 3 amide bonds. The van der Waals surface area contributed by atoms with E-state index in [0.29, 0.717) is 19.3 Å². The average Bonchev–Trinajstić information content (AvgIpc) is 3.05. The number of carbonyl (C=O) groups is 3. The van der Waals surface area contributed by atoms with Crippen LogP contribution in [0.1, 0.15) is 50.5 Å². The Morgan fingerprint density at radius 1 is 1.19 bits per heavy atom. The fourth-order valence-corrected chi connectivity index (χ4v) is 4.68. The van der Waals surface area contributed by atoms with Gasteiger partial charge < -0.3 is 10.4 Å². The summed E-state index contributed by atoms with van der Waals surface area (Å²) < 4.78 is 0. The summed E-state index contributed by atoms with van der Waals surface area (Å²) in [6.07, 6.45) is 4.39. The number of imide groups is 1. The number of hydrogen-bond donors (Lipinski definition) is 3. The van der Waals surface area contributed by atoms with Crippen molar-refractivity contribution in [3.8, 4) is 0 Å². The molecule has 3 rings (SSSR count). The Hall–Kier alpha value is -2.02. The van der Waals surface area contributed by atoms with Crippen molar-refractivity contribution < 1.29 is 19.5 Å². The Labute approximate surface area is 164 Å². The first kappa shape index (κ1) is 19.7. The van der Waals surface area contributed by atoms with Crippen LogP contribution in [-0.4, -0.2) is 44.7 Å². The summed E-state index contributed by atoms with van der Waals surface area (Å²) in [4.78, 5) is 38.4. The van der Waals surface area contributed by atoms with Crippen LogP contribution in [0.3, 0.4) is 0 Å². The van der Waals surface area contributed by atoms with Crippen LogP contribution < -0.4 is 5.32 Å². The van der Waals surface area contributed by atoms with E-state index in [9.17, 15) is 19.5 Å². The van der Waals surface area contributed by atoms with Gasteiger partial charge in [0.1, 0.15) is 6.04 Å². The normalized spacial score (nSPS) is 23.1. The molecule has 1 aromatic carbocycles. The zero-order chi connectivity index (χ0) is 19.4. The van der Waals surface area contributed by atoms with Gasteiger partial charge in [-0.05, 0) is 44.1 Å². The molecule has 0 radical (unpaired) electrons. The predicted molar refractivity (Wildman–Crippen MR) is 105 cm³/mol. The van der Waals surface area contributed by atoms with Crippen molar-refractivity contribution >= 4 is 30.5 Å². The van der Waals surface area contributed by atoms with E-state index >= 15 is 0 Å². The van der Waals surface area contributed by atoms with E-state index in [4.69, 9.17) is 0 Å². The fraction of sp³-hybridized carbons (Fsp3) is 0.550. The van der Waals surface area contributed by atoms with E-state index in [-0.39, 0.29) is 5.91 Å². The molecule has 6 nitrogen and oxygen atoms in total. The number of thiol groups is 1. The molecule has 2 fully saturated rings. The highest BCUT2D eigenvalue weighted by molar-refractivity contribution is 7.81. The molecule has 1 saturated carbocycles. The van der Waals surface area contributed by atoms with Crippen LogP contribution in [0.2, 0.25) is 0 Å². The molecule has 2 aliphatic rings. The fourth-order valence-electron chi connectivity index (χ4n) is 4.40. The summed E-state index contributed by atoms with van der Waals surface area (Å²) in [7, 11) is 0. The lowest BCUT2D eigenvalue weighted by Gasteiger charge is -2.37. The number of nitrogens with zero attached hydrogens (tertiary/aromatic N) is 1. The molecule has 2 unspecified atom stereocenters. The van der Waals surface area contributed by atoms with Crippen LogP contribution in [0.4, 0.5) is 4.79 Å². The topological polar surface area (TPSA) is 86.7 Å². The first-order valence-electron chi connectivity index (χ1n) is 9.52. The third kappa shape index (κ3) is 4.29. The minimum absolute atomic E-state index is 0.340. The van der Waals surface area contributed by atoms with Gasteiger partial charge in [0.15, 0.2) is 0 Å². The van der Waals surface area contributed by atoms with E-state index in [1.165, 1.54) is 0 Å². The SMILES string of the molecule is O=C(NC1CCCC2(CCCC2)N(C(=O)O)C1=O)C(S)Cc1ccccc1. The van der Waals surface area contributed by atoms with Gasteiger partial charge in [0.2, 0.25) is 5.91 Å². The van der Waals surface area contributed by atoms with Gasteiger partial charge in [-0.25, -0.2) is 9.69 Å². The number of benzene rings is 1. The molecule has 1 heterocycles. The number of hydrogen-bond acceptors (Lipinski definition) is 4. The van der Waals surface area contributed by atoms with E-state index in [2.05, 4.69) is 17.9 Å². The summed E-state index contributed by atoms with van der Waals surface area (Å²) in [6, 6.07) is 8.73. The summed E-state index contributed by atoms with van der Waals surface area (Å²) in [5, 5.41) is 11.8. The van der Waals surface area contributed by atoms with E-state index < -0.39 is 28.8 Å². The van der Waals surface area contributed by atoms with Crippen LogP contribution in [-0.2, 0) is 16.0 Å². The van der Waals surface area contributed by atoms with Gasteiger partial charge >= 0.3 is 6.09 Å². The van der Waals surface area contributed by atoms with E-state index in [0.717, 1.165) is 42.6 Å². The average molecular weight is 391 g/mol. The predicted octanol–water partition coefficient (Wildman–Crippen LogP) is 3.02. The number of likely N-dealkylation sites (tertiary alicyclic amines) is 1.